The van der Waals surface area contributed by atoms with E-state index in [1.54, 1.807) is 0 Å². The van der Waals surface area contributed by atoms with Gasteiger partial charge in [-0.3, -0.25) is 14.4 Å². The molecular formula is C58H92O6. The molecule has 0 fully saturated rings. The minimum atomic E-state index is -0.809. The molecule has 0 aliphatic rings. The molecule has 0 bridgehead atoms. The van der Waals surface area contributed by atoms with Crippen molar-refractivity contribution in [3.8, 4) is 0 Å². The maximum atomic E-state index is 12.8. The molecule has 1 unspecified atom stereocenters. The summed E-state index contributed by atoms with van der Waals surface area (Å²) in [6, 6.07) is 0. The molecule has 0 saturated carbocycles. The first kappa shape index (κ1) is 59.8. The molecule has 6 nitrogen and oxygen atoms in total. The largest absolute Gasteiger partial charge is 0.462 e. The highest BCUT2D eigenvalue weighted by atomic mass is 16.6. The molecule has 64 heavy (non-hydrogen) atoms. The van der Waals surface area contributed by atoms with Crippen molar-refractivity contribution in [2.75, 3.05) is 13.2 Å². The Morgan fingerprint density at radius 3 is 0.969 bits per heavy atom. The Labute approximate surface area is 392 Å². The quantitative estimate of drug-likeness (QED) is 0.0262. The van der Waals surface area contributed by atoms with E-state index in [9.17, 15) is 14.4 Å². The Hall–Kier alpha value is -4.19. The monoisotopic (exact) mass is 885 g/mol. The fourth-order valence-corrected chi connectivity index (χ4v) is 6.60. The molecule has 0 aliphatic heterocycles. The van der Waals surface area contributed by atoms with Gasteiger partial charge in [-0.2, -0.15) is 0 Å². The topological polar surface area (TPSA) is 78.9 Å². The fraction of sp³-hybridized carbons (Fsp3) is 0.603. The van der Waals surface area contributed by atoms with Gasteiger partial charge in [-0.05, 0) is 64.2 Å². The highest BCUT2D eigenvalue weighted by Gasteiger charge is 2.19. The van der Waals surface area contributed by atoms with Crippen molar-refractivity contribution >= 4 is 17.9 Å². The molecule has 0 aliphatic carbocycles. The summed E-state index contributed by atoms with van der Waals surface area (Å²) in [6.45, 7) is 6.38. The molecule has 0 spiro atoms. The summed E-state index contributed by atoms with van der Waals surface area (Å²) in [4.78, 5) is 37.9. The zero-order valence-corrected chi connectivity index (χ0v) is 41.0. The Morgan fingerprint density at radius 2 is 0.609 bits per heavy atom. The van der Waals surface area contributed by atoms with Gasteiger partial charge >= 0.3 is 17.9 Å². The van der Waals surface area contributed by atoms with E-state index in [4.69, 9.17) is 14.2 Å². The summed E-state index contributed by atoms with van der Waals surface area (Å²) in [7, 11) is 0. The van der Waals surface area contributed by atoms with Gasteiger partial charge in [-0.15, -0.1) is 0 Å². The van der Waals surface area contributed by atoms with E-state index in [0.717, 1.165) is 96.3 Å². The lowest BCUT2D eigenvalue weighted by Gasteiger charge is -2.18. The maximum Gasteiger partial charge on any atom is 0.306 e. The first-order valence-corrected chi connectivity index (χ1v) is 25.7. The third-order valence-corrected chi connectivity index (χ3v) is 10.5. The van der Waals surface area contributed by atoms with Crippen molar-refractivity contribution in [2.45, 2.75) is 213 Å². The number of allylic oxidation sites excluding steroid dienone is 20. The molecule has 6 heteroatoms. The zero-order valence-electron chi connectivity index (χ0n) is 41.0. The van der Waals surface area contributed by atoms with Gasteiger partial charge in [0.15, 0.2) is 6.10 Å². The Bertz CT molecular complexity index is 1390. The Kier molecular flexibility index (Phi) is 48.1. The van der Waals surface area contributed by atoms with E-state index in [1.807, 2.05) is 72.9 Å². The van der Waals surface area contributed by atoms with Gasteiger partial charge in [0.25, 0.3) is 0 Å². The second kappa shape index (κ2) is 51.4. The first-order valence-electron chi connectivity index (χ1n) is 25.7. The van der Waals surface area contributed by atoms with Gasteiger partial charge < -0.3 is 14.2 Å². The summed E-state index contributed by atoms with van der Waals surface area (Å²) in [5, 5.41) is 0. The average Bonchev–Trinajstić information content (AvgIpc) is 3.29. The number of esters is 3. The van der Waals surface area contributed by atoms with Crippen LogP contribution in [0.15, 0.2) is 122 Å². The van der Waals surface area contributed by atoms with Crippen LogP contribution in [0.1, 0.15) is 207 Å². The molecule has 0 aromatic carbocycles. The van der Waals surface area contributed by atoms with Crippen LogP contribution >= 0.6 is 0 Å². The summed E-state index contributed by atoms with van der Waals surface area (Å²) in [5.74, 6) is -0.981. The van der Waals surface area contributed by atoms with Crippen molar-refractivity contribution in [3.05, 3.63) is 122 Å². The lowest BCUT2D eigenvalue weighted by molar-refractivity contribution is -0.167. The SMILES string of the molecule is CC\C=C/C=C\C=C/C=C\C=C\C=C/C=C\CCCCCC(=O)OCC(COC(=O)CCCCCCCCCCC)OC(=O)CCCCCCC\C=C/C=C\C=C/CCCCCCC. The van der Waals surface area contributed by atoms with E-state index >= 15 is 0 Å². The van der Waals surface area contributed by atoms with Crippen molar-refractivity contribution < 1.29 is 28.6 Å². The van der Waals surface area contributed by atoms with Gasteiger partial charge in [0, 0.05) is 19.3 Å². The highest BCUT2D eigenvalue weighted by Crippen LogP contribution is 2.13. The maximum absolute atomic E-state index is 12.8. The standard InChI is InChI=1S/C58H92O6/c1-4-7-10-13-16-19-21-23-25-27-29-31-32-34-36-39-42-45-48-51-57(60)63-54-55(53-62-56(59)50-47-44-41-38-18-15-12-9-6-3)64-58(61)52-49-46-43-40-37-35-33-30-28-26-24-22-20-17-14-11-8-5-2/h7,10,13,16,19,21-34,36,55H,4-6,8-9,11-12,14-15,17-18,20,35,37-54H2,1-3H3/b10-7-,16-13-,21-19-,24-22-,25-23-,28-26-,29-27+,32-31-,33-30-,36-34-. The van der Waals surface area contributed by atoms with Crippen molar-refractivity contribution in [3.63, 3.8) is 0 Å². The minimum absolute atomic E-state index is 0.104. The summed E-state index contributed by atoms with van der Waals surface area (Å²) in [5.41, 5.74) is 0. The molecule has 0 N–H and O–H groups in total. The number of hydrogen-bond acceptors (Lipinski definition) is 6. The fourth-order valence-electron chi connectivity index (χ4n) is 6.60. The van der Waals surface area contributed by atoms with Crippen LogP contribution in [0.3, 0.4) is 0 Å². The van der Waals surface area contributed by atoms with Crippen LogP contribution < -0.4 is 0 Å². The van der Waals surface area contributed by atoms with E-state index < -0.39 is 6.10 Å². The van der Waals surface area contributed by atoms with Crippen LogP contribution in [-0.4, -0.2) is 37.2 Å². The number of unbranched alkanes of at least 4 members (excludes halogenated alkanes) is 21. The third kappa shape index (κ3) is 48.8. The molecule has 0 rings (SSSR count). The lowest BCUT2D eigenvalue weighted by Crippen LogP contribution is -2.30. The van der Waals surface area contributed by atoms with Crippen LogP contribution in [0.4, 0.5) is 0 Å². The van der Waals surface area contributed by atoms with Gasteiger partial charge in [0.05, 0.1) is 0 Å². The van der Waals surface area contributed by atoms with Crippen LogP contribution in [0, 0.1) is 0 Å². The van der Waals surface area contributed by atoms with Crippen molar-refractivity contribution in [1.82, 2.24) is 0 Å². The molecule has 0 heterocycles. The average molecular weight is 885 g/mol. The molecular weight excluding hydrogens is 793 g/mol. The van der Waals surface area contributed by atoms with Crippen LogP contribution in [-0.2, 0) is 28.6 Å². The highest BCUT2D eigenvalue weighted by molar-refractivity contribution is 5.71. The normalized spacial score (nSPS) is 13.1. The summed E-state index contributed by atoms with van der Waals surface area (Å²) >= 11 is 0. The van der Waals surface area contributed by atoms with E-state index in [0.29, 0.717) is 19.3 Å². The molecule has 0 saturated heterocycles. The van der Waals surface area contributed by atoms with E-state index in [-0.39, 0.29) is 31.1 Å². The molecule has 1 atom stereocenters. The lowest BCUT2D eigenvalue weighted by atomic mass is 10.1. The number of ether oxygens (including phenoxy) is 3. The number of carbonyl (C=O) groups excluding carboxylic acids is 3. The number of carbonyl (C=O) groups is 3. The molecule has 0 aromatic heterocycles. The van der Waals surface area contributed by atoms with Crippen molar-refractivity contribution in [2.24, 2.45) is 0 Å². The Morgan fingerprint density at radius 1 is 0.328 bits per heavy atom. The molecule has 360 valence electrons. The number of rotatable bonds is 44. The molecule has 0 amide bonds. The molecule has 0 aromatic rings. The van der Waals surface area contributed by atoms with Gasteiger partial charge in [0.1, 0.15) is 13.2 Å². The summed E-state index contributed by atoms with van der Waals surface area (Å²) in [6.07, 6.45) is 70.3. The Balaban J connectivity index is 4.51. The first-order chi connectivity index (χ1) is 31.5. The van der Waals surface area contributed by atoms with Crippen molar-refractivity contribution in [1.29, 1.82) is 0 Å². The smallest absolute Gasteiger partial charge is 0.306 e. The van der Waals surface area contributed by atoms with E-state index in [2.05, 4.69) is 69.4 Å². The van der Waals surface area contributed by atoms with E-state index in [1.165, 1.54) is 70.6 Å². The second-order valence-electron chi connectivity index (χ2n) is 16.6. The minimum Gasteiger partial charge on any atom is -0.462 e. The summed E-state index contributed by atoms with van der Waals surface area (Å²) < 4.78 is 16.7. The second-order valence-corrected chi connectivity index (χ2v) is 16.6. The zero-order chi connectivity index (χ0) is 46.5. The van der Waals surface area contributed by atoms with Crippen LogP contribution in [0.25, 0.3) is 0 Å². The third-order valence-electron chi connectivity index (χ3n) is 10.5. The van der Waals surface area contributed by atoms with Gasteiger partial charge in [-0.1, -0.05) is 245 Å². The predicted molar refractivity (Wildman–Crippen MR) is 274 cm³/mol. The van der Waals surface area contributed by atoms with Gasteiger partial charge in [-0.25, -0.2) is 0 Å². The predicted octanol–water partition coefficient (Wildman–Crippen LogP) is 16.9. The van der Waals surface area contributed by atoms with Gasteiger partial charge in [0.2, 0.25) is 0 Å². The van der Waals surface area contributed by atoms with Crippen LogP contribution in [0.2, 0.25) is 0 Å². The number of hydrogen-bond donors (Lipinski definition) is 0. The molecule has 0 radical (unpaired) electrons. The van der Waals surface area contributed by atoms with Crippen LogP contribution in [0.5, 0.6) is 0 Å².